The van der Waals surface area contributed by atoms with Gasteiger partial charge in [0.25, 0.3) is 0 Å². The van der Waals surface area contributed by atoms with E-state index in [0.717, 1.165) is 12.5 Å². The minimum Gasteiger partial charge on any atom is -0.318 e. The first-order chi connectivity index (χ1) is 6.65. The van der Waals surface area contributed by atoms with E-state index in [1.54, 1.807) is 0 Å². The molecule has 14 heavy (non-hydrogen) atoms. The van der Waals surface area contributed by atoms with Crippen molar-refractivity contribution in [2.24, 2.45) is 5.92 Å². The van der Waals surface area contributed by atoms with E-state index < -0.39 is 0 Å². The zero-order valence-electron chi connectivity index (χ0n) is 10.1. The molecule has 0 radical (unpaired) electrons. The minimum absolute atomic E-state index is 0.702. The molecule has 1 aliphatic heterocycles. The van der Waals surface area contributed by atoms with E-state index in [1.165, 1.54) is 26.2 Å². The van der Waals surface area contributed by atoms with Crippen LogP contribution in [0.5, 0.6) is 0 Å². The fourth-order valence-corrected chi connectivity index (χ4v) is 2.15. The summed E-state index contributed by atoms with van der Waals surface area (Å²) in [7, 11) is 4.26. The molecule has 1 unspecified atom stereocenters. The van der Waals surface area contributed by atoms with Gasteiger partial charge in [0.15, 0.2) is 0 Å². The van der Waals surface area contributed by atoms with Gasteiger partial charge in [-0.05, 0) is 20.0 Å². The molecule has 3 nitrogen and oxygen atoms in total. The highest BCUT2D eigenvalue weighted by Gasteiger charge is 2.23. The van der Waals surface area contributed by atoms with Crippen LogP contribution in [0.3, 0.4) is 0 Å². The first-order valence-electron chi connectivity index (χ1n) is 5.72. The predicted molar refractivity (Wildman–Crippen MR) is 61.6 cm³/mol. The Morgan fingerprint density at radius 3 is 2.14 bits per heavy atom. The predicted octanol–water partition coefficient (Wildman–Crippen LogP) is 0.478. The molecular weight excluding hydrogens is 174 g/mol. The van der Waals surface area contributed by atoms with E-state index in [2.05, 4.69) is 36.0 Å². The summed E-state index contributed by atoms with van der Waals surface area (Å²) in [6.07, 6.45) is 0. The molecule has 1 saturated heterocycles. The number of nitrogens with zero attached hydrogens (tertiary/aromatic N) is 2. The fourth-order valence-electron chi connectivity index (χ4n) is 2.15. The normalized spacial score (nSPS) is 22.9. The van der Waals surface area contributed by atoms with E-state index in [4.69, 9.17) is 0 Å². The van der Waals surface area contributed by atoms with Crippen molar-refractivity contribution in [3.63, 3.8) is 0 Å². The highest BCUT2D eigenvalue weighted by molar-refractivity contribution is 4.80. The van der Waals surface area contributed by atoms with Crippen molar-refractivity contribution >= 4 is 0 Å². The van der Waals surface area contributed by atoms with Gasteiger partial charge < -0.3 is 10.2 Å². The van der Waals surface area contributed by atoms with Crippen LogP contribution in [-0.4, -0.2) is 62.7 Å². The average molecular weight is 199 g/mol. The van der Waals surface area contributed by atoms with Gasteiger partial charge in [-0.25, -0.2) is 0 Å². The maximum absolute atomic E-state index is 3.30. The molecule has 84 valence electrons. The summed E-state index contributed by atoms with van der Waals surface area (Å²) in [5.74, 6) is 0.742. The monoisotopic (exact) mass is 199 g/mol. The Morgan fingerprint density at radius 1 is 1.14 bits per heavy atom. The minimum atomic E-state index is 0.702. The maximum atomic E-state index is 3.30. The quantitative estimate of drug-likeness (QED) is 0.710. The SMILES string of the molecule is CNCC(C(C)C)N1CCN(C)CC1. The van der Waals surface area contributed by atoms with E-state index in [-0.39, 0.29) is 0 Å². The third-order valence-corrected chi connectivity index (χ3v) is 3.19. The Labute approximate surface area is 88.5 Å². The van der Waals surface area contributed by atoms with E-state index >= 15 is 0 Å². The third-order valence-electron chi connectivity index (χ3n) is 3.19. The number of hydrogen-bond donors (Lipinski definition) is 1. The van der Waals surface area contributed by atoms with Gasteiger partial charge in [0.05, 0.1) is 0 Å². The largest absolute Gasteiger partial charge is 0.318 e. The van der Waals surface area contributed by atoms with Gasteiger partial charge in [0, 0.05) is 38.8 Å². The second kappa shape index (κ2) is 5.69. The van der Waals surface area contributed by atoms with Crippen LogP contribution in [0.2, 0.25) is 0 Å². The van der Waals surface area contributed by atoms with Gasteiger partial charge in [0.1, 0.15) is 0 Å². The van der Waals surface area contributed by atoms with Crippen molar-refractivity contribution in [3.05, 3.63) is 0 Å². The molecule has 1 N–H and O–H groups in total. The zero-order valence-corrected chi connectivity index (χ0v) is 10.1. The molecule has 1 atom stereocenters. The van der Waals surface area contributed by atoms with Gasteiger partial charge in [-0.2, -0.15) is 0 Å². The molecule has 1 heterocycles. The Morgan fingerprint density at radius 2 is 1.71 bits per heavy atom. The van der Waals surface area contributed by atoms with Gasteiger partial charge >= 0.3 is 0 Å². The van der Waals surface area contributed by atoms with Crippen LogP contribution in [0.1, 0.15) is 13.8 Å². The topological polar surface area (TPSA) is 18.5 Å². The first-order valence-corrected chi connectivity index (χ1v) is 5.72. The van der Waals surface area contributed by atoms with Gasteiger partial charge in [0.2, 0.25) is 0 Å². The number of hydrogen-bond acceptors (Lipinski definition) is 3. The first kappa shape index (κ1) is 12.0. The number of piperazine rings is 1. The molecule has 1 fully saturated rings. The second-order valence-electron chi connectivity index (χ2n) is 4.71. The summed E-state index contributed by atoms with van der Waals surface area (Å²) >= 11 is 0. The molecule has 0 spiro atoms. The summed E-state index contributed by atoms with van der Waals surface area (Å²) in [5.41, 5.74) is 0. The Bertz CT molecular complexity index is 151. The van der Waals surface area contributed by atoms with Crippen molar-refractivity contribution in [1.82, 2.24) is 15.1 Å². The molecule has 1 aliphatic rings. The van der Waals surface area contributed by atoms with E-state index in [0.29, 0.717) is 6.04 Å². The molecule has 0 aromatic heterocycles. The molecule has 0 bridgehead atoms. The maximum Gasteiger partial charge on any atom is 0.0244 e. The van der Waals surface area contributed by atoms with Gasteiger partial charge in [-0.1, -0.05) is 13.8 Å². The molecule has 0 saturated carbocycles. The molecule has 3 heteroatoms. The molecule has 0 aromatic rings. The van der Waals surface area contributed by atoms with Crippen molar-refractivity contribution in [2.45, 2.75) is 19.9 Å². The Hall–Kier alpha value is -0.120. The lowest BCUT2D eigenvalue weighted by molar-refractivity contribution is 0.0887. The molecule has 0 aromatic carbocycles. The highest BCUT2D eigenvalue weighted by atomic mass is 15.3. The van der Waals surface area contributed by atoms with Crippen LogP contribution in [0.25, 0.3) is 0 Å². The number of rotatable bonds is 4. The summed E-state index contributed by atoms with van der Waals surface area (Å²) in [5, 5.41) is 3.30. The lowest BCUT2D eigenvalue weighted by Gasteiger charge is -2.39. The van der Waals surface area contributed by atoms with Crippen LogP contribution in [-0.2, 0) is 0 Å². The molecular formula is C11H25N3. The fraction of sp³-hybridized carbons (Fsp3) is 1.00. The number of nitrogens with one attached hydrogen (secondary N) is 1. The summed E-state index contributed by atoms with van der Waals surface area (Å²) in [6.45, 7) is 10.6. The Kier molecular flexibility index (Phi) is 4.85. The van der Waals surface area contributed by atoms with Crippen LogP contribution >= 0.6 is 0 Å². The molecule has 0 aliphatic carbocycles. The number of likely N-dealkylation sites (N-methyl/N-ethyl adjacent to an activating group) is 2. The molecule has 1 rings (SSSR count). The van der Waals surface area contributed by atoms with Gasteiger partial charge in [-0.3, -0.25) is 4.90 Å². The molecule has 0 amide bonds. The standard InChI is InChI=1S/C11H25N3/c1-10(2)11(9-12-3)14-7-5-13(4)6-8-14/h10-12H,5-9H2,1-4H3. The lowest BCUT2D eigenvalue weighted by Crippen LogP contribution is -2.53. The Balaban J connectivity index is 2.43. The summed E-state index contributed by atoms with van der Waals surface area (Å²) in [4.78, 5) is 5.04. The third kappa shape index (κ3) is 3.23. The highest BCUT2D eigenvalue weighted by Crippen LogP contribution is 2.12. The van der Waals surface area contributed by atoms with E-state index in [9.17, 15) is 0 Å². The smallest absolute Gasteiger partial charge is 0.0244 e. The van der Waals surface area contributed by atoms with Crippen LogP contribution in [0.15, 0.2) is 0 Å². The van der Waals surface area contributed by atoms with Crippen molar-refractivity contribution in [2.75, 3.05) is 46.8 Å². The van der Waals surface area contributed by atoms with E-state index in [1.807, 2.05) is 7.05 Å². The average Bonchev–Trinajstić information content (AvgIpc) is 2.15. The van der Waals surface area contributed by atoms with Crippen molar-refractivity contribution < 1.29 is 0 Å². The van der Waals surface area contributed by atoms with Crippen LogP contribution in [0.4, 0.5) is 0 Å². The van der Waals surface area contributed by atoms with Crippen LogP contribution in [0, 0.1) is 5.92 Å². The summed E-state index contributed by atoms with van der Waals surface area (Å²) in [6, 6.07) is 0.702. The van der Waals surface area contributed by atoms with Crippen molar-refractivity contribution in [1.29, 1.82) is 0 Å². The van der Waals surface area contributed by atoms with Crippen molar-refractivity contribution in [3.8, 4) is 0 Å². The zero-order chi connectivity index (χ0) is 10.6. The van der Waals surface area contributed by atoms with Crippen LogP contribution < -0.4 is 5.32 Å². The van der Waals surface area contributed by atoms with Gasteiger partial charge in [-0.15, -0.1) is 0 Å². The summed E-state index contributed by atoms with van der Waals surface area (Å²) < 4.78 is 0. The lowest BCUT2D eigenvalue weighted by atomic mass is 10.0. The second-order valence-corrected chi connectivity index (χ2v) is 4.71.